The number of nitrogen functional groups attached to an aromatic ring is 1. The number of imide groups is 2. The minimum Gasteiger partial charge on any atom is -0.484 e. The van der Waals surface area contributed by atoms with Gasteiger partial charge >= 0.3 is 0 Å². The first-order valence-electron chi connectivity index (χ1n) is 21.2. The monoisotopic (exact) mass is 938 g/mol. The molecule has 0 aliphatic carbocycles. The number of amides is 5. The maximum Gasteiger partial charge on any atom is 0.262 e. The maximum atomic E-state index is 14.1. The highest BCUT2D eigenvalue weighted by molar-refractivity contribution is 6.36. The van der Waals surface area contributed by atoms with Gasteiger partial charge in [0.2, 0.25) is 11.8 Å². The van der Waals surface area contributed by atoms with Crippen LogP contribution in [0.3, 0.4) is 0 Å². The Hall–Kier alpha value is -5.70. The van der Waals surface area contributed by atoms with Crippen molar-refractivity contribution in [1.29, 1.82) is 0 Å². The van der Waals surface area contributed by atoms with Gasteiger partial charge in [-0.2, -0.15) is 5.10 Å². The molecule has 2 aromatic heterocycles. The number of likely N-dealkylation sites (tertiary alicyclic amines) is 1. The Morgan fingerprint density at radius 1 is 0.923 bits per heavy atom. The molecule has 0 spiro atoms. The predicted molar refractivity (Wildman–Crippen MR) is 234 cm³/mol. The number of nitrogens with two attached hydrogens (primary N) is 1. The Labute approximate surface area is 383 Å². The van der Waals surface area contributed by atoms with Crippen molar-refractivity contribution >= 4 is 58.6 Å². The van der Waals surface area contributed by atoms with Crippen molar-refractivity contribution in [3.63, 3.8) is 0 Å². The van der Waals surface area contributed by atoms with E-state index in [2.05, 4.69) is 25.6 Å². The molecule has 5 heterocycles. The fourth-order valence-electron chi connectivity index (χ4n) is 7.70. The molecule has 18 nitrogen and oxygen atoms in total. The van der Waals surface area contributed by atoms with E-state index in [9.17, 15) is 28.4 Å². The van der Waals surface area contributed by atoms with Crippen LogP contribution in [0.2, 0.25) is 10.0 Å². The molecule has 65 heavy (non-hydrogen) atoms. The molecule has 4 N–H and O–H groups in total. The normalized spacial score (nSPS) is 17.3. The zero-order valence-electron chi connectivity index (χ0n) is 35.6. The van der Waals surface area contributed by atoms with Crippen LogP contribution in [0.25, 0.3) is 11.1 Å². The van der Waals surface area contributed by atoms with Crippen molar-refractivity contribution in [3.8, 4) is 22.6 Å². The molecule has 2 saturated heterocycles. The third-order valence-electron chi connectivity index (χ3n) is 11.2. The second-order valence-electron chi connectivity index (χ2n) is 15.5. The third kappa shape index (κ3) is 11.8. The number of halogens is 3. The van der Waals surface area contributed by atoms with Gasteiger partial charge in [-0.15, -0.1) is 0 Å². The van der Waals surface area contributed by atoms with Crippen molar-refractivity contribution in [3.05, 3.63) is 87.5 Å². The molecule has 2 atom stereocenters. The van der Waals surface area contributed by atoms with Crippen LogP contribution in [0.5, 0.6) is 11.5 Å². The Morgan fingerprint density at radius 2 is 1.65 bits per heavy atom. The first-order chi connectivity index (χ1) is 31.4. The van der Waals surface area contributed by atoms with Crippen LogP contribution in [-0.2, 0) is 28.6 Å². The number of pyridine rings is 1. The largest absolute Gasteiger partial charge is 0.484 e. The summed E-state index contributed by atoms with van der Waals surface area (Å²) in [6, 6.07) is 7.82. The predicted octanol–water partition coefficient (Wildman–Crippen LogP) is 4.40. The summed E-state index contributed by atoms with van der Waals surface area (Å²) in [6.45, 7) is 6.67. The molecule has 3 aliphatic heterocycles. The molecule has 0 bridgehead atoms. The highest BCUT2D eigenvalue weighted by atomic mass is 35.5. The fourth-order valence-corrected chi connectivity index (χ4v) is 8.38. The van der Waals surface area contributed by atoms with Gasteiger partial charge < -0.3 is 39.6 Å². The molecule has 0 radical (unpaired) electrons. The van der Waals surface area contributed by atoms with Gasteiger partial charge in [0.15, 0.2) is 18.2 Å². The van der Waals surface area contributed by atoms with Gasteiger partial charge in [-0.3, -0.25) is 38.9 Å². The van der Waals surface area contributed by atoms with E-state index in [1.165, 1.54) is 30.3 Å². The second kappa shape index (κ2) is 22.0. The van der Waals surface area contributed by atoms with Crippen molar-refractivity contribution in [2.24, 2.45) is 0 Å². The van der Waals surface area contributed by atoms with Crippen LogP contribution < -0.4 is 25.8 Å². The Balaban J connectivity index is 0.706. The summed E-state index contributed by atoms with van der Waals surface area (Å²) in [5.41, 5.74) is 8.25. The summed E-state index contributed by atoms with van der Waals surface area (Å²) >= 11 is 12.5. The average Bonchev–Trinajstić information content (AvgIpc) is 3.88. The molecule has 3 aliphatic rings. The summed E-state index contributed by atoms with van der Waals surface area (Å²) in [5, 5.41) is 9.66. The Morgan fingerprint density at radius 3 is 2.40 bits per heavy atom. The van der Waals surface area contributed by atoms with Gasteiger partial charge in [-0.05, 0) is 62.6 Å². The molecule has 7 rings (SSSR count). The molecule has 2 fully saturated rings. The van der Waals surface area contributed by atoms with Crippen LogP contribution in [0.15, 0.2) is 55.0 Å². The number of carbonyl (C=O) groups is 5. The number of hydrogen-bond donors (Lipinski definition) is 3. The first kappa shape index (κ1) is 47.3. The van der Waals surface area contributed by atoms with E-state index < -0.39 is 47.5 Å². The summed E-state index contributed by atoms with van der Waals surface area (Å²) in [6.07, 6.45) is 6.68. The number of ether oxygens (including phenoxy) is 5. The fraction of sp³-hybridized carbons (Fsp3) is 0.432. The quantitative estimate of drug-likeness (QED) is 0.0600. The molecule has 1 unspecified atom stereocenters. The van der Waals surface area contributed by atoms with Gasteiger partial charge in [0.1, 0.15) is 23.7 Å². The van der Waals surface area contributed by atoms with Gasteiger partial charge in [-0.1, -0.05) is 23.2 Å². The second-order valence-corrected chi connectivity index (χ2v) is 16.3. The SMILES string of the molecule is C[C@@H](Oc1cc(-c2cnn(C3CCN(CCOCCOCCOCCNC(=O)COc4ccc5c(c4)C(=O)N(C4CCC(=O)NC4=O)C5=O)CC3)c2)cnc1N)c1c(Cl)ccc(F)c1Cl. The summed E-state index contributed by atoms with van der Waals surface area (Å²) < 4.78 is 44.6. The van der Waals surface area contributed by atoms with E-state index in [-0.39, 0.29) is 71.4 Å². The van der Waals surface area contributed by atoms with Gasteiger partial charge in [0.05, 0.1) is 68.0 Å². The smallest absolute Gasteiger partial charge is 0.262 e. The lowest BCUT2D eigenvalue weighted by Gasteiger charge is -2.31. The van der Waals surface area contributed by atoms with Crippen LogP contribution in [-0.4, -0.2) is 133 Å². The molecule has 21 heteroatoms. The Kier molecular flexibility index (Phi) is 16.0. The topological polar surface area (TPSA) is 219 Å². The number of anilines is 1. The van der Waals surface area contributed by atoms with Crippen LogP contribution in [0.4, 0.5) is 10.2 Å². The standard InChI is InChI=1S/C44H49Cl2FN8O10/c1-26(39-33(45)4-5-34(47)40(39)46)65-36-20-27(22-50-41(36)48)28-23-51-54(24-28)29-8-11-53(12-9-29)13-15-62-17-19-63-18-16-61-14-10-49-38(57)25-64-30-2-3-31-32(21-30)44(60)55(43(31)59)35-6-7-37(56)52-42(35)58/h2-5,20-24,26,29,35H,6-19,25H2,1H3,(H2,48,50)(H,49,57)(H,52,56,58)/t26-,35?/m1/s1. The van der Waals surface area contributed by atoms with Crippen LogP contribution in [0, 0.1) is 5.82 Å². The van der Waals surface area contributed by atoms with Crippen molar-refractivity contribution in [1.82, 2.24) is 35.2 Å². The van der Waals surface area contributed by atoms with E-state index in [4.69, 9.17) is 52.6 Å². The summed E-state index contributed by atoms with van der Waals surface area (Å²) in [5.74, 6) is -2.73. The van der Waals surface area contributed by atoms with Crippen molar-refractivity contribution in [2.45, 2.75) is 50.8 Å². The summed E-state index contributed by atoms with van der Waals surface area (Å²) in [4.78, 5) is 69.5. The molecular formula is C44H49Cl2FN8O10. The van der Waals surface area contributed by atoms with Crippen LogP contribution >= 0.6 is 23.2 Å². The van der Waals surface area contributed by atoms with E-state index in [0.717, 1.165) is 48.5 Å². The number of hydrogen-bond acceptors (Lipinski definition) is 14. The number of aromatic nitrogens is 3. The number of benzene rings is 2. The van der Waals surface area contributed by atoms with E-state index in [1.807, 2.05) is 10.9 Å². The van der Waals surface area contributed by atoms with Crippen LogP contribution in [0.1, 0.15) is 71.0 Å². The maximum absolute atomic E-state index is 14.1. The zero-order chi connectivity index (χ0) is 46.0. The molecule has 346 valence electrons. The van der Waals surface area contributed by atoms with Crippen molar-refractivity contribution < 1.29 is 52.0 Å². The minimum absolute atomic E-state index is 0.0229. The molecular weight excluding hydrogens is 890 g/mol. The molecule has 2 aromatic carbocycles. The third-order valence-corrected chi connectivity index (χ3v) is 11.9. The lowest BCUT2D eigenvalue weighted by atomic mass is 10.0. The number of piperidine rings is 2. The van der Waals surface area contributed by atoms with E-state index >= 15 is 0 Å². The molecule has 4 aromatic rings. The number of rotatable bonds is 21. The molecule has 0 saturated carbocycles. The lowest BCUT2D eigenvalue weighted by molar-refractivity contribution is -0.136. The first-order valence-corrected chi connectivity index (χ1v) is 21.9. The van der Waals surface area contributed by atoms with E-state index in [0.29, 0.717) is 44.3 Å². The highest BCUT2D eigenvalue weighted by Gasteiger charge is 2.44. The number of nitrogens with one attached hydrogen (secondary N) is 2. The number of carbonyl (C=O) groups excluding carboxylic acids is 5. The summed E-state index contributed by atoms with van der Waals surface area (Å²) in [7, 11) is 0. The minimum atomic E-state index is -1.07. The van der Waals surface area contributed by atoms with Gasteiger partial charge in [0, 0.05) is 66.7 Å². The van der Waals surface area contributed by atoms with E-state index in [1.54, 1.807) is 25.4 Å². The zero-order valence-corrected chi connectivity index (χ0v) is 37.1. The number of nitrogens with zero attached hydrogens (tertiary/aromatic N) is 5. The molecule has 5 amide bonds. The lowest BCUT2D eigenvalue weighted by Crippen LogP contribution is -2.54. The number of fused-ring (bicyclic) bond motifs is 1. The highest BCUT2D eigenvalue weighted by Crippen LogP contribution is 2.37. The Bertz CT molecular complexity index is 2400. The van der Waals surface area contributed by atoms with Gasteiger partial charge in [-0.25, -0.2) is 9.37 Å². The van der Waals surface area contributed by atoms with Crippen molar-refractivity contribution in [2.75, 3.05) is 78.2 Å². The average molecular weight is 940 g/mol. The van der Waals surface area contributed by atoms with Gasteiger partial charge in [0.25, 0.3) is 17.7 Å².